The number of anilines is 8. The predicted octanol–water partition coefficient (Wildman–Crippen LogP) is 15.4. The fourth-order valence-electron chi connectivity index (χ4n) is 13.9. The molecule has 2 aliphatic carbocycles. The molecule has 0 saturated heterocycles. The lowest BCUT2D eigenvalue weighted by Crippen LogP contribution is -2.62. The first-order chi connectivity index (χ1) is 33.2. The molecule has 5 aliphatic rings. The number of para-hydroxylation sites is 2. The monoisotopic (exact) mass is 934 g/mol. The maximum absolute atomic E-state index is 2.85. The van der Waals surface area contributed by atoms with Gasteiger partial charge in [-0.1, -0.05) is 184 Å². The quantitative estimate of drug-likeness (QED) is 0.159. The van der Waals surface area contributed by atoms with Gasteiger partial charge in [0, 0.05) is 50.8 Å². The van der Waals surface area contributed by atoms with Crippen LogP contribution in [-0.4, -0.2) is 20.3 Å². The van der Waals surface area contributed by atoms with Gasteiger partial charge in [-0.25, -0.2) is 0 Å². The van der Waals surface area contributed by atoms with Crippen molar-refractivity contribution in [3.63, 3.8) is 0 Å². The third kappa shape index (κ3) is 6.58. The molecule has 1 fully saturated rings. The molecule has 0 bridgehead atoms. The van der Waals surface area contributed by atoms with E-state index in [-0.39, 0.29) is 33.9 Å². The second-order valence-corrected chi connectivity index (χ2v) is 30.7. The molecule has 0 radical (unpaired) electrons. The fraction of sp³-hybridized carbons (Fsp3) is 0.354. The molecule has 1 saturated carbocycles. The second-order valence-electron chi connectivity index (χ2n) is 25.6. The largest absolute Gasteiger partial charge is 0.334 e. The van der Waals surface area contributed by atoms with Gasteiger partial charge in [0.15, 0.2) is 0 Å². The molecule has 3 heterocycles. The van der Waals surface area contributed by atoms with Gasteiger partial charge in [0.05, 0.1) is 19.3 Å². The van der Waals surface area contributed by atoms with E-state index in [4.69, 9.17) is 0 Å². The van der Waals surface area contributed by atoms with Crippen molar-refractivity contribution in [2.45, 2.75) is 148 Å². The minimum atomic E-state index is -1.60. The van der Waals surface area contributed by atoms with Crippen molar-refractivity contribution in [1.29, 1.82) is 0 Å². The Morgan fingerprint density at radius 2 is 1.10 bits per heavy atom. The van der Waals surface area contributed by atoms with E-state index in [9.17, 15) is 0 Å². The van der Waals surface area contributed by atoms with Crippen LogP contribution in [0.4, 0.5) is 45.5 Å². The van der Waals surface area contributed by atoms with Crippen molar-refractivity contribution in [2.24, 2.45) is 0 Å². The number of hydrogen-bond acceptors (Lipinski definition) is 3. The van der Waals surface area contributed by atoms with Crippen LogP contribution in [0.25, 0.3) is 11.1 Å². The van der Waals surface area contributed by atoms with Gasteiger partial charge in [-0.2, -0.15) is 0 Å². The van der Waals surface area contributed by atoms with Gasteiger partial charge in [0.1, 0.15) is 0 Å². The molecule has 0 amide bonds. The molecule has 0 aromatic heterocycles. The fourth-order valence-corrected chi connectivity index (χ4v) is 15.0. The lowest BCUT2D eigenvalue weighted by atomic mass is 9.33. The van der Waals surface area contributed by atoms with Gasteiger partial charge in [0.25, 0.3) is 6.71 Å². The average molecular weight is 934 g/mol. The standard InChI is InChI=1S/C65H72BN3Si/c1-61(2,3)44-29-31-54(48(37-44)43-23-15-13-16-24-43)68-57-42-50-49(62(4,5)35-36-63(50,6)7)41-53(57)66-52-27-19-20-28-56(52)67(45-25-17-14-18-26-45)58-38-46(39-59(68)60(58)66)69-55-32-30-47(70(10,11)12)40-51(55)64(8)33-21-22-34-65(64,69)9/h13-20,23-32,37-42H,21-22,33-36H2,1-12H3. The second kappa shape index (κ2) is 15.4. The van der Waals surface area contributed by atoms with Crippen molar-refractivity contribution in [1.82, 2.24) is 0 Å². The van der Waals surface area contributed by atoms with E-state index in [1.54, 1.807) is 10.8 Å². The lowest BCUT2D eigenvalue weighted by molar-refractivity contribution is 0.195. The first kappa shape index (κ1) is 45.4. The van der Waals surface area contributed by atoms with Gasteiger partial charge in [-0.05, 0) is 148 Å². The summed E-state index contributed by atoms with van der Waals surface area (Å²) in [4.78, 5) is 8.20. The normalized spacial score (nSPS) is 21.6. The number of benzene rings is 7. The van der Waals surface area contributed by atoms with Crippen LogP contribution in [-0.2, 0) is 21.7 Å². The maximum Gasteiger partial charge on any atom is 0.252 e. The van der Waals surface area contributed by atoms with Gasteiger partial charge in [-0.15, -0.1) is 0 Å². The summed E-state index contributed by atoms with van der Waals surface area (Å²) in [5, 5.41) is 1.56. The number of nitrogens with zero attached hydrogens (tertiary/aromatic N) is 3. The Kier molecular flexibility index (Phi) is 9.96. The van der Waals surface area contributed by atoms with Crippen LogP contribution in [0.2, 0.25) is 19.6 Å². The highest BCUT2D eigenvalue weighted by molar-refractivity contribution is 7.00. The minimum absolute atomic E-state index is 0.00459. The summed E-state index contributed by atoms with van der Waals surface area (Å²) in [6.07, 6.45) is 7.18. The zero-order valence-corrected chi connectivity index (χ0v) is 45.0. The Balaban J connectivity index is 1.24. The van der Waals surface area contributed by atoms with E-state index in [2.05, 4.69) is 242 Å². The van der Waals surface area contributed by atoms with Crippen LogP contribution in [0, 0.1) is 0 Å². The molecular weight excluding hydrogens is 862 g/mol. The molecule has 354 valence electrons. The Bertz CT molecular complexity index is 3250. The highest BCUT2D eigenvalue weighted by Crippen LogP contribution is 2.62. The summed E-state index contributed by atoms with van der Waals surface area (Å²) >= 11 is 0. The maximum atomic E-state index is 2.85. The molecule has 3 aliphatic heterocycles. The third-order valence-corrected chi connectivity index (χ3v) is 20.4. The smallest absolute Gasteiger partial charge is 0.252 e. The van der Waals surface area contributed by atoms with Crippen LogP contribution in [0.3, 0.4) is 0 Å². The summed E-state index contributed by atoms with van der Waals surface area (Å²) in [6, 6.07) is 57.4. The van der Waals surface area contributed by atoms with Crippen LogP contribution in [0.15, 0.2) is 146 Å². The van der Waals surface area contributed by atoms with Crippen LogP contribution in [0.1, 0.15) is 123 Å². The molecule has 7 aromatic carbocycles. The third-order valence-electron chi connectivity index (χ3n) is 18.4. The van der Waals surface area contributed by atoms with Crippen LogP contribution in [0.5, 0.6) is 0 Å². The molecule has 3 nitrogen and oxygen atoms in total. The zero-order chi connectivity index (χ0) is 48.9. The summed E-state index contributed by atoms with van der Waals surface area (Å²) in [5.74, 6) is 0. The molecule has 7 aromatic rings. The lowest BCUT2D eigenvalue weighted by Gasteiger charge is -2.51. The van der Waals surface area contributed by atoms with Crippen molar-refractivity contribution in [2.75, 3.05) is 14.7 Å². The highest BCUT2D eigenvalue weighted by Gasteiger charge is 2.58. The predicted molar refractivity (Wildman–Crippen MR) is 306 cm³/mol. The molecular formula is C65H72BN3Si. The summed E-state index contributed by atoms with van der Waals surface area (Å²) < 4.78 is 0. The van der Waals surface area contributed by atoms with Crippen molar-refractivity contribution >= 4 is 81.9 Å². The van der Waals surface area contributed by atoms with E-state index in [0.29, 0.717) is 0 Å². The van der Waals surface area contributed by atoms with E-state index in [1.807, 2.05) is 0 Å². The minimum Gasteiger partial charge on any atom is -0.334 e. The Morgan fingerprint density at radius 3 is 1.79 bits per heavy atom. The zero-order valence-electron chi connectivity index (χ0n) is 44.0. The molecule has 0 spiro atoms. The Hall–Kier alpha value is -5.78. The average Bonchev–Trinajstić information content (AvgIpc) is 3.54. The molecule has 5 heteroatoms. The summed E-state index contributed by atoms with van der Waals surface area (Å²) in [6.45, 7) is 29.8. The van der Waals surface area contributed by atoms with Gasteiger partial charge in [0.2, 0.25) is 0 Å². The molecule has 12 rings (SSSR count). The topological polar surface area (TPSA) is 9.72 Å². The molecule has 2 unspecified atom stereocenters. The van der Waals surface area contributed by atoms with E-state index >= 15 is 0 Å². The number of fused-ring (bicyclic) bond motifs is 8. The van der Waals surface area contributed by atoms with E-state index in [0.717, 1.165) is 12.8 Å². The van der Waals surface area contributed by atoms with Crippen molar-refractivity contribution < 1.29 is 0 Å². The van der Waals surface area contributed by atoms with Crippen LogP contribution < -0.4 is 36.3 Å². The highest BCUT2D eigenvalue weighted by atomic mass is 28.3. The SMILES string of the molecule is CC(C)(C)c1ccc(N2c3cc4c(cc3B3c5ccccc5N(c5ccccc5)c5cc(N6c7ccc([Si](C)(C)C)cc7C7(C)CCCCC67C)cc2c53)C(C)(C)CCC4(C)C)c(-c2ccccc2)c1. The summed E-state index contributed by atoms with van der Waals surface area (Å²) in [7, 11) is -1.60. The van der Waals surface area contributed by atoms with Crippen molar-refractivity contribution in [3.8, 4) is 11.1 Å². The van der Waals surface area contributed by atoms with Gasteiger partial charge < -0.3 is 14.7 Å². The van der Waals surface area contributed by atoms with Crippen LogP contribution >= 0.6 is 0 Å². The van der Waals surface area contributed by atoms with E-state index < -0.39 is 8.07 Å². The molecule has 2 atom stereocenters. The van der Waals surface area contributed by atoms with Crippen molar-refractivity contribution in [3.05, 3.63) is 168 Å². The first-order valence-corrected chi connectivity index (χ1v) is 30.0. The molecule has 70 heavy (non-hydrogen) atoms. The Morgan fingerprint density at radius 1 is 0.486 bits per heavy atom. The van der Waals surface area contributed by atoms with E-state index in [1.165, 1.54) is 115 Å². The number of rotatable bonds is 5. The summed E-state index contributed by atoms with van der Waals surface area (Å²) in [5.41, 5.74) is 22.7. The number of hydrogen-bond donors (Lipinski definition) is 0. The van der Waals surface area contributed by atoms with Gasteiger partial charge >= 0.3 is 0 Å². The van der Waals surface area contributed by atoms with Gasteiger partial charge in [-0.3, -0.25) is 0 Å². The molecule has 0 N–H and O–H groups in total. The Labute approximate surface area is 421 Å². The first-order valence-electron chi connectivity index (χ1n) is 26.5.